The number of hydrogen-bond donors (Lipinski definition) is 0. The molecule has 0 unspecified atom stereocenters. The van der Waals surface area contributed by atoms with Crippen molar-refractivity contribution in [3.63, 3.8) is 0 Å². The lowest BCUT2D eigenvalue weighted by Gasteiger charge is -2.25. The summed E-state index contributed by atoms with van der Waals surface area (Å²) in [5, 5.41) is 1.08. The molecule has 4 aromatic rings. The first-order valence-corrected chi connectivity index (χ1v) is 10.1. The molecule has 0 spiro atoms. The van der Waals surface area contributed by atoms with Crippen molar-refractivity contribution in [3.8, 4) is 0 Å². The van der Waals surface area contributed by atoms with Gasteiger partial charge in [-0.1, -0.05) is 60.7 Å². The SMILES string of the molecule is CN(C(=O)[C@@H]1C(=O)c2ccccc2[C@H]1c1cn(C)c2ccccc12)c1ccccc1. The predicted molar refractivity (Wildman–Crippen MR) is 119 cm³/mol. The Bertz CT molecular complexity index is 1270. The van der Waals surface area contributed by atoms with Crippen LogP contribution >= 0.6 is 0 Å². The van der Waals surface area contributed by atoms with Gasteiger partial charge in [0.2, 0.25) is 5.91 Å². The molecular formula is C26H22N2O2. The number of fused-ring (bicyclic) bond motifs is 2. The summed E-state index contributed by atoms with van der Waals surface area (Å²) in [4.78, 5) is 28.7. The molecule has 3 aromatic carbocycles. The highest BCUT2D eigenvalue weighted by Crippen LogP contribution is 2.45. The number of carbonyl (C=O) groups excluding carboxylic acids is 2. The number of amides is 1. The second-order valence-corrected chi connectivity index (χ2v) is 7.85. The Morgan fingerprint density at radius 2 is 1.53 bits per heavy atom. The monoisotopic (exact) mass is 394 g/mol. The van der Waals surface area contributed by atoms with E-state index in [1.165, 1.54) is 0 Å². The van der Waals surface area contributed by atoms with Crippen molar-refractivity contribution in [2.24, 2.45) is 13.0 Å². The number of nitrogens with zero attached hydrogens (tertiary/aromatic N) is 2. The number of benzene rings is 3. The number of hydrogen-bond acceptors (Lipinski definition) is 2. The molecule has 0 saturated carbocycles. The maximum atomic E-state index is 13.6. The van der Waals surface area contributed by atoms with Crippen molar-refractivity contribution in [2.45, 2.75) is 5.92 Å². The Hall–Kier alpha value is -3.66. The van der Waals surface area contributed by atoms with E-state index >= 15 is 0 Å². The Balaban J connectivity index is 1.68. The van der Waals surface area contributed by atoms with Gasteiger partial charge in [0, 0.05) is 48.4 Å². The molecule has 4 heteroatoms. The minimum absolute atomic E-state index is 0.101. The van der Waals surface area contributed by atoms with Gasteiger partial charge < -0.3 is 9.47 Å². The van der Waals surface area contributed by atoms with Crippen LogP contribution in [0.2, 0.25) is 0 Å². The Labute approximate surface area is 175 Å². The molecule has 4 nitrogen and oxygen atoms in total. The summed E-state index contributed by atoms with van der Waals surface area (Å²) in [5.41, 5.74) is 4.47. The number of anilines is 1. The van der Waals surface area contributed by atoms with E-state index in [9.17, 15) is 9.59 Å². The summed E-state index contributed by atoms with van der Waals surface area (Å²) in [7, 11) is 3.75. The van der Waals surface area contributed by atoms with Crippen LogP contribution in [0.15, 0.2) is 85.1 Å². The number of Topliss-reactive ketones (excluding diaryl/α,β-unsaturated/α-hetero) is 1. The van der Waals surface area contributed by atoms with Crippen LogP contribution in [0.4, 0.5) is 5.69 Å². The second kappa shape index (κ2) is 6.99. The van der Waals surface area contributed by atoms with E-state index in [2.05, 4.69) is 22.9 Å². The molecule has 1 heterocycles. The highest BCUT2D eigenvalue weighted by atomic mass is 16.2. The zero-order chi connectivity index (χ0) is 20.8. The minimum atomic E-state index is -0.779. The van der Waals surface area contributed by atoms with Crippen LogP contribution in [0.25, 0.3) is 10.9 Å². The van der Waals surface area contributed by atoms with Gasteiger partial charge in [0.15, 0.2) is 5.78 Å². The van der Waals surface area contributed by atoms with Gasteiger partial charge in [0.25, 0.3) is 0 Å². The lowest BCUT2D eigenvalue weighted by Crippen LogP contribution is -2.37. The summed E-state index contributed by atoms with van der Waals surface area (Å²) < 4.78 is 2.07. The van der Waals surface area contributed by atoms with Gasteiger partial charge in [-0.15, -0.1) is 0 Å². The van der Waals surface area contributed by atoms with Crippen molar-refractivity contribution in [1.82, 2.24) is 4.57 Å². The lowest BCUT2D eigenvalue weighted by atomic mass is 9.84. The van der Waals surface area contributed by atoms with Gasteiger partial charge in [0.05, 0.1) is 0 Å². The molecule has 0 saturated heterocycles. The lowest BCUT2D eigenvalue weighted by molar-refractivity contribution is -0.120. The van der Waals surface area contributed by atoms with E-state index < -0.39 is 5.92 Å². The molecule has 2 atom stereocenters. The molecule has 0 bridgehead atoms. The number of para-hydroxylation sites is 2. The van der Waals surface area contributed by atoms with Gasteiger partial charge in [-0.05, 0) is 29.3 Å². The van der Waals surface area contributed by atoms with Crippen LogP contribution in [-0.2, 0) is 11.8 Å². The molecule has 0 radical (unpaired) electrons. The number of rotatable bonds is 3. The van der Waals surface area contributed by atoms with Crippen LogP contribution < -0.4 is 4.90 Å². The topological polar surface area (TPSA) is 42.3 Å². The standard InChI is InChI=1S/C26H22N2O2/c1-27-16-21(18-12-8-9-15-22(18)27)23-19-13-6-7-14-20(19)25(29)24(23)26(30)28(2)17-10-4-3-5-11-17/h3-16,23-24H,1-2H3/t23-,24-/m0/s1. The van der Waals surface area contributed by atoms with Gasteiger partial charge in [-0.2, -0.15) is 0 Å². The first-order chi connectivity index (χ1) is 14.6. The van der Waals surface area contributed by atoms with Crippen LogP contribution in [0.1, 0.15) is 27.4 Å². The normalized spacial score (nSPS) is 17.9. The molecule has 1 aromatic heterocycles. The maximum absolute atomic E-state index is 13.6. The summed E-state index contributed by atoms with van der Waals surface area (Å²) in [6.45, 7) is 0. The summed E-state index contributed by atoms with van der Waals surface area (Å²) in [6.07, 6.45) is 2.06. The van der Waals surface area contributed by atoms with E-state index in [1.807, 2.05) is 73.8 Å². The third kappa shape index (κ3) is 2.68. The number of ketones is 1. The van der Waals surface area contributed by atoms with Crippen LogP contribution in [0, 0.1) is 5.92 Å². The highest BCUT2D eigenvalue weighted by molar-refractivity contribution is 6.18. The van der Waals surface area contributed by atoms with Gasteiger partial charge in [-0.3, -0.25) is 9.59 Å². The summed E-state index contributed by atoms with van der Waals surface area (Å²) in [5.74, 6) is -1.37. The average molecular weight is 394 g/mol. The molecule has 0 aliphatic heterocycles. The molecule has 1 aliphatic rings. The zero-order valence-corrected chi connectivity index (χ0v) is 16.9. The van der Waals surface area contributed by atoms with Crippen molar-refractivity contribution in [1.29, 1.82) is 0 Å². The van der Waals surface area contributed by atoms with Crippen LogP contribution in [0.5, 0.6) is 0 Å². The molecule has 5 rings (SSSR count). The molecular weight excluding hydrogens is 372 g/mol. The van der Waals surface area contributed by atoms with Gasteiger partial charge in [0.1, 0.15) is 5.92 Å². The molecule has 30 heavy (non-hydrogen) atoms. The molecule has 1 aliphatic carbocycles. The third-order valence-electron chi connectivity index (χ3n) is 6.18. The molecule has 148 valence electrons. The van der Waals surface area contributed by atoms with Gasteiger partial charge >= 0.3 is 0 Å². The molecule has 0 N–H and O–H groups in total. The number of carbonyl (C=O) groups is 2. The third-order valence-corrected chi connectivity index (χ3v) is 6.18. The number of aryl methyl sites for hydroxylation is 1. The van der Waals surface area contributed by atoms with Crippen molar-refractivity contribution in [3.05, 3.63) is 102 Å². The quantitative estimate of drug-likeness (QED) is 0.469. The predicted octanol–water partition coefficient (Wildman–Crippen LogP) is 4.79. The average Bonchev–Trinajstić information content (AvgIpc) is 3.28. The van der Waals surface area contributed by atoms with E-state index in [1.54, 1.807) is 11.9 Å². The van der Waals surface area contributed by atoms with E-state index in [-0.39, 0.29) is 17.6 Å². The first-order valence-electron chi connectivity index (χ1n) is 10.1. The summed E-state index contributed by atoms with van der Waals surface area (Å²) >= 11 is 0. The van der Waals surface area contributed by atoms with Gasteiger partial charge in [-0.25, -0.2) is 0 Å². The van der Waals surface area contributed by atoms with Crippen LogP contribution in [-0.4, -0.2) is 23.3 Å². The van der Waals surface area contributed by atoms with Crippen molar-refractivity contribution < 1.29 is 9.59 Å². The smallest absolute Gasteiger partial charge is 0.238 e. The van der Waals surface area contributed by atoms with E-state index in [0.29, 0.717) is 5.56 Å². The fourth-order valence-corrected chi connectivity index (χ4v) is 4.70. The Morgan fingerprint density at radius 3 is 2.33 bits per heavy atom. The summed E-state index contributed by atoms with van der Waals surface area (Å²) in [6, 6.07) is 25.2. The van der Waals surface area contributed by atoms with E-state index in [4.69, 9.17) is 0 Å². The zero-order valence-electron chi connectivity index (χ0n) is 16.9. The second-order valence-electron chi connectivity index (χ2n) is 7.85. The molecule has 1 amide bonds. The minimum Gasteiger partial charge on any atom is -0.350 e. The van der Waals surface area contributed by atoms with Crippen molar-refractivity contribution >= 4 is 28.3 Å². The highest BCUT2D eigenvalue weighted by Gasteiger charge is 2.46. The van der Waals surface area contributed by atoms with E-state index in [0.717, 1.165) is 27.7 Å². The molecule has 0 fully saturated rings. The first kappa shape index (κ1) is 18.4. The number of aromatic nitrogens is 1. The van der Waals surface area contributed by atoms with Crippen molar-refractivity contribution in [2.75, 3.05) is 11.9 Å². The van der Waals surface area contributed by atoms with Crippen LogP contribution in [0.3, 0.4) is 0 Å². The Kier molecular flexibility index (Phi) is 4.28. The maximum Gasteiger partial charge on any atom is 0.238 e. The fraction of sp³-hybridized carbons (Fsp3) is 0.154. The fourth-order valence-electron chi connectivity index (χ4n) is 4.70. The Morgan fingerprint density at radius 1 is 0.867 bits per heavy atom. The largest absolute Gasteiger partial charge is 0.350 e.